The Balaban J connectivity index is 1.95. The van der Waals surface area contributed by atoms with Crippen molar-refractivity contribution in [2.75, 3.05) is 11.4 Å². The number of aryl methyl sites for hydroxylation is 1. The van der Waals surface area contributed by atoms with Crippen LogP contribution >= 0.6 is 11.3 Å². The highest BCUT2D eigenvalue weighted by molar-refractivity contribution is 7.16. The molecule has 6 heteroatoms. The zero-order valence-electron chi connectivity index (χ0n) is 12.6. The van der Waals surface area contributed by atoms with Gasteiger partial charge in [0.1, 0.15) is 16.5 Å². The molecule has 0 saturated carbocycles. The van der Waals surface area contributed by atoms with E-state index in [1.807, 2.05) is 6.92 Å². The van der Waals surface area contributed by atoms with Crippen LogP contribution in [0.3, 0.4) is 0 Å². The molecule has 5 nitrogen and oxygen atoms in total. The first-order valence-electron chi connectivity index (χ1n) is 7.32. The molecule has 21 heavy (non-hydrogen) atoms. The van der Waals surface area contributed by atoms with Gasteiger partial charge in [-0.25, -0.2) is 9.97 Å². The van der Waals surface area contributed by atoms with Crippen molar-refractivity contribution in [2.24, 2.45) is 0 Å². The van der Waals surface area contributed by atoms with E-state index in [1.54, 1.807) is 11.3 Å². The van der Waals surface area contributed by atoms with Crippen molar-refractivity contribution in [2.45, 2.75) is 45.7 Å². The van der Waals surface area contributed by atoms with E-state index < -0.39 is 0 Å². The van der Waals surface area contributed by atoms with Crippen molar-refractivity contribution < 1.29 is 4.79 Å². The van der Waals surface area contributed by atoms with Crippen LogP contribution in [0, 0.1) is 6.92 Å². The van der Waals surface area contributed by atoms with E-state index in [9.17, 15) is 4.79 Å². The Morgan fingerprint density at radius 3 is 2.95 bits per heavy atom. The quantitative estimate of drug-likeness (QED) is 0.943. The van der Waals surface area contributed by atoms with Crippen molar-refractivity contribution in [1.29, 1.82) is 0 Å². The van der Waals surface area contributed by atoms with Gasteiger partial charge in [-0.15, -0.1) is 11.3 Å². The number of carbonyl (C=O) groups excluding carboxylic acids is 1. The van der Waals surface area contributed by atoms with Crippen molar-refractivity contribution in [3.8, 4) is 0 Å². The lowest BCUT2D eigenvalue weighted by atomic mass is 10.2. The Morgan fingerprint density at radius 1 is 1.48 bits per heavy atom. The van der Waals surface area contributed by atoms with Gasteiger partial charge in [-0.1, -0.05) is 0 Å². The van der Waals surface area contributed by atoms with Gasteiger partial charge >= 0.3 is 0 Å². The molecule has 2 aromatic heterocycles. The van der Waals surface area contributed by atoms with E-state index in [0.29, 0.717) is 12.5 Å². The smallest absolute Gasteiger partial charge is 0.220 e. The molecule has 1 aliphatic heterocycles. The van der Waals surface area contributed by atoms with E-state index in [4.69, 9.17) is 0 Å². The minimum atomic E-state index is 0.156. The standard InChI is InChI=1S/C15H20N4OS/c1-9(2)19(8-11-4-5-13(20)18-11)14-12-6-7-21-15(12)17-10(3)16-14/h6-7,9,11H,4-5,8H2,1-3H3,(H,18,20)/t11-/m0/s1. The molecule has 1 atom stereocenters. The molecule has 0 aromatic carbocycles. The van der Waals surface area contributed by atoms with Crippen LogP contribution in [-0.2, 0) is 4.79 Å². The highest BCUT2D eigenvalue weighted by Crippen LogP contribution is 2.29. The third-order valence-electron chi connectivity index (χ3n) is 3.81. The topological polar surface area (TPSA) is 58.1 Å². The van der Waals surface area contributed by atoms with Gasteiger partial charge < -0.3 is 10.2 Å². The second kappa shape index (κ2) is 5.60. The van der Waals surface area contributed by atoms with E-state index in [-0.39, 0.29) is 11.9 Å². The maximum Gasteiger partial charge on any atom is 0.220 e. The van der Waals surface area contributed by atoms with Crippen molar-refractivity contribution in [3.63, 3.8) is 0 Å². The zero-order valence-corrected chi connectivity index (χ0v) is 13.4. The van der Waals surface area contributed by atoms with Crippen LogP contribution < -0.4 is 10.2 Å². The van der Waals surface area contributed by atoms with Crippen LogP contribution in [0.25, 0.3) is 10.2 Å². The number of carbonyl (C=O) groups is 1. The molecule has 0 aliphatic carbocycles. The molecule has 1 fully saturated rings. The predicted octanol–water partition coefficient (Wildman–Crippen LogP) is 2.49. The summed E-state index contributed by atoms with van der Waals surface area (Å²) in [6, 6.07) is 2.61. The largest absolute Gasteiger partial charge is 0.352 e. The summed E-state index contributed by atoms with van der Waals surface area (Å²) in [5.41, 5.74) is 0. The van der Waals surface area contributed by atoms with E-state index in [0.717, 1.165) is 34.8 Å². The number of thiophene rings is 1. The third-order valence-corrected chi connectivity index (χ3v) is 4.62. The summed E-state index contributed by atoms with van der Waals surface area (Å²) in [4.78, 5) is 23.9. The summed E-state index contributed by atoms with van der Waals surface area (Å²) in [6.45, 7) is 7.04. The van der Waals surface area contributed by atoms with Crippen molar-refractivity contribution in [3.05, 3.63) is 17.3 Å². The van der Waals surface area contributed by atoms with Gasteiger partial charge in [0.25, 0.3) is 0 Å². The van der Waals surface area contributed by atoms with E-state index in [1.165, 1.54) is 0 Å². The number of nitrogens with one attached hydrogen (secondary N) is 1. The zero-order chi connectivity index (χ0) is 15.0. The van der Waals surface area contributed by atoms with Crippen LogP contribution in [0.2, 0.25) is 0 Å². The number of hydrogen-bond donors (Lipinski definition) is 1. The van der Waals surface area contributed by atoms with E-state index >= 15 is 0 Å². The maximum atomic E-state index is 11.4. The summed E-state index contributed by atoms with van der Waals surface area (Å²) in [5, 5.41) is 6.20. The number of aromatic nitrogens is 2. The number of nitrogens with zero attached hydrogens (tertiary/aromatic N) is 3. The van der Waals surface area contributed by atoms with Crippen LogP contribution in [0.5, 0.6) is 0 Å². The molecule has 0 unspecified atom stereocenters. The normalized spacial score (nSPS) is 18.5. The van der Waals surface area contributed by atoms with Crippen LogP contribution in [0.1, 0.15) is 32.5 Å². The van der Waals surface area contributed by atoms with Gasteiger partial charge in [-0.2, -0.15) is 0 Å². The van der Waals surface area contributed by atoms with Gasteiger partial charge in [0.05, 0.1) is 5.39 Å². The number of rotatable bonds is 4. The molecule has 0 bridgehead atoms. The molecule has 1 amide bonds. The van der Waals surface area contributed by atoms with Crippen LogP contribution in [0.15, 0.2) is 11.4 Å². The lowest BCUT2D eigenvalue weighted by molar-refractivity contribution is -0.119. The monoisotopic (exact) mass is 304 g/mol. The first-order valence-corrected chi connectivity index (χ1v) is 8.20. The molecule has 1 aliphatic rings. The number of amides is 1. The lowest BCUT2D eigenvalue weighted by Gasteiger charge is -2.31. The lowest BCUT2D eigenvalue weighted by Crippen LogP contribution is -2.42. The molecular weight excluding hydrogens is 284 g/mol. The van der Waals surface area contributed by atoms with Gasteiger partial charge in [0.15, 0.2) is 0 Å². The first kappa shape index (κ1) is 14.3. The fourth-order valence-corrected chi connectivity index (χ4v) is 3.56. The maximum absolute atomic E-state index is 11.4. The minimum absolute atomic E-state index is 0.156. The van der Waals surface area contributed by atoms with Gasteiger partial charge in [0.2, 0.25) is 5.91 Å². The predicted molar refractivity (Wildman–Crippen MR) is 85.8 cm³/mol. The molecule has 0 spiro atoms. The van der Waals surface area contributed by atoms with Crippen LogP contribution in [-0.4, -0.2) is 34.5 Å². The molecule has 1 N–H and O–H groups in total. The summed E-state index contributed by atoms with van der Waals surface area (Å²) in [5.74, 6) is 1.93. The minimum Gasteiger partial charge on any atom is -0.352 e. The first-order chi connectivity index (χ1) is 10.0. The van der Waals surface area contributed by atoms with Gasteiger partial charge in [-0.3, -0.25) is 4.79 Å². The number of hydrogen-bond acceptors (Lipinski definition) is 5. The third kappa shape index (κ3) is 2.85. The van der Waals surface area contributed by atoms with Gasteiger partial charge in [-0.05, 0) is 38.6 Å². The average molecular weight is 304 g/mol. The SMILES string of the molecule is Cc1nc(N(C[C@@H]2CCC(=O)N2)C(C)C)c2ccsc2n1. The fourth-order valence-electron chi connectivity index (χ4n) is 2.76. The highest BCUT2D eigenvalue weighted by atomic mass is 32.1. The summed E-state index contributed by atoms with van der Waals surface area (Å²) < 4.78 is 0. The number of anilines is 1. The molecular formula is C15H20N4OS. The number of fused-ring (bicyclic) bond motifs is 1. The molecule has 1 saturated heterocycles. The second-order valence-corrected chi connectivity index (χ2v) is 6.68. The molecule has 3 heterocycles. The average Bonchev–Trinajstić information content (AvgIpc) is 3.03. The molecule has 0 radical (unpaired) electrons. The molecule has 112 valence electrons. The summed E-state index contributed by atoms with van der Waals surface area (Å²) in [7, 11) is 0. The summed E-state index contributed by atoms with van der Waals surface area (Å²) in [6.07, 6.45) is 1.53. The fraction of sp³-hybridized carbons (Fsp3) is 0.533. The Morgan fingerprint density at radius 2 is 2.29 bits per heavy atom. The molecule has 2 aromatic rings. The molecule has 3 rings (SSSR count). The second-order valence-electron chi connectivity index (χ2n) is 5.78. The van der Waals surface area contributed by atoms with Gasteiger partial charge in [0, 0.05) is 25.0 Å². The Bertz CT molecular complexity index is 667. The Labute approximate surface area is 128 Å². The van der Waals surface area contributed by atoms with Crippen LogP contribution in [0.4, 0.5) is 5.82 Å². The summed E-state index contributed by atoms with van der Waals surface area (Å²) >= 11 is 1.64. The highest BCUT2D eigenvalue weighted by Gasteiger charge is 2.26. The van der Waals surface area contributed by atoms with Crippen molar-refractivity contribution >= 4 is 33.3 Å². The Hall–Kier alpha value is -1.69. The van der Waals surface area contributed by atoms with E-state index in [2.05, 4.69) is 45.5 Å². The Kier molecular flexibility index (Phi) is 3.80. The van der Waals surface area contributed by atoms with Crippen molar-refractivity contribution in [1.82, 2.24) is 15.3 Å².